The van der Waals surface area contributed by atoms with Gasteiger partial charge in [0.1, 0.15) is 12.4 Å². The fraction of sp³-hybridized carbons (Fsp3) is 0.440. The van der Waals surface area contributed by atoms with E-state index in [-0.39, 0.29) is 12.1 Å². The molecule has 2 amide bonds. The normalized spacial score (nSPS) is 12.2. The van der Waals surface area contributed by atoms with Gasteiger partial charge < -0.3 is 31.2 Å². The molecule has 3 aromatic rings. The van der Waals surface area contributed by atoms with Gasteiger partial charge in [0.25, 0.3) is 0 Å². The van der Waals surface area contributed by atoms with E-state index in [1.807, 2.05) is 68.4 Å². The minimum absolute atomic E-state index is 0.253. The number of para-hydroxylation sites is 1. The molecule has 1 heterocycles. The van der Waals surface area contributed by atoms with E-state index in [9.17, 15) is 4.79 Å². The number of ether oxygens (including phenoxy) is 2. The van der Waals surface area contributed by atoms with Gasteiger partial charge in [0.2, 0.25) is 0 Å². The van der Waals surface area contributed by atoms with Crippen molar-refractivity contribution in [2.45, 2.75) is 45.1 Å². The Bertz CT molecular complexity index is 1070. The van der Waals surface area contributed by atoms with Crippen LogP contribution in [-0.2, 0) is 24.4 Å². The number of tetrazole rings is 1. The first-order valence-electron chi connectivity index (χ1n) is 11.9. The van der Waals surface area contributed by atoms with E-state index < -0.39 is 5.54 Å². The highest BCUT2D eigenvalue weighted by atomic mass is 16.5. The third-order valence-corrected chi connectivity index (χ3v) is 5.27. The van der Waals surface area contributed by atoms with Crippen LogP contribution in [-0.4, -0.2) is 58.6 Å². The molecule has 11 nitrogen and oxygen atoms in total. The fourth-order valence-corrected chi connectivity index (χ4v) is 3.40. The lowest BCUT2D eigenvalue weighted by Gasteiger charge is -2.24. The number of nitrogens with two attached hydrogens (primary N) is 1. The highest BCUT2D eigenvalue weighted by Crippen LogP contribution is 2.18. The summed E-state index contributed by atoms with van der Waals surface area (Å²) in [4.78, 5) is 11.5. The van der Waals surface area contributed by atoms with Crippen LogP contribution in [0.4, 0.5) is 4.79 Å². The Kier molecular flexibility index (Phi) is 10.2. The Morgan fingerprint density at radius 3 is 2.64 bits per heavy atom. The second kappa shape index (κ2) is 13.5. The van der Waals surface area contributed by atoms with E-state index in [1.165, 1.54) is 0 Å². The maximum atomic E-state index is 11.5. The highest BCUT2D eigenvalue weighted by Gasteiger charge is 2.22. The molecule has 3 rings (SSSR count). The maximum absolute atomic E-state index is 11.5. The molecule has 194 valence electrons. The van der Waals surface area contributed by atoms with E-state index in [0.29, 0.717) is 51.0 Å². The monoisotopic (exact) mass is 496 g/mol. The maximum Gasteiger partial charge on any atom is 0.314 e. The number of nitrogens with zero attached hydrogens (tertiary/aromatic N) is 4. The minimum atomic E-state index is -0.411. The van der Waals surface area contributed by atoms with Crippen molar-refractivity contribution in [3.63, 3.8) is 0 Å². The zero-order valence-corrected chi connectivity index (χ0v) is 21.1. The van der Waals surface area contributed by atoms with Crippen molar-refractivity contribution in [2.24, 2.45) is 5.73 Å². The van der Waals surface area contributed by atoms with Crippen molar-refractivity contribution in [3.05, 3.63) is 71.5 Å². The second-order valence-electron chi connectivity index (χ2n) is 9.07. The molecule has 1 aromatic heterocycles. The van der Waals surface area contributed by atoms with Crippen molar-refractivity contribution in [2.75, 3.05) is 26.8 Å². The third kappa shape index (κ3) is 8.91. The molecule has 36 heavy (non-hydrogen) atoms. The molecule has 0 aliphatic carbocycles. The molecular formula is C25H36N8O3. The first-order valence-corrected chi connectivity index (χ1v) is 11.9. The highest BCUT2D eigenvalue weighted by molar-refractivity contribution is 5.73. The SMILES string of the molecule is CNC(=O)NCc1ccccc1OCCn1nnnc1C(COCc1ccccc1)NCC(C)(C)N. The van der Waals surface area contributed by atoms with Gasteiger partial charge in [-0.3, -0.25) is 0 Å². The van der Waals surface area contributed by atoms with Gasteiger partial charge in [-0.25, -0.2) is 9.48 Å². The van der Waals surface area contributed by atoms with Gasteiger partial charge in [0.15, 0.2) is 5.82 Å². The molecule has 2 aromatic carbocycles. The number of amides is 2. The summed E-state index contributed by atoms with van der Waals surface area (Å²) >= 11 is 0. The standard InChI is InChI=1S/C25H36N8O3/c1-25(2,26)18-29-21(17-35-16-19-9-5-4-6-10-19)23-30-31-32-33(23)13-14-36-22-12-8-7-11-20(22)15-28-24(34)27-3/h4-12,21,29H,13-18,26H2,1-3H3,(H2,27,28,34). The van der Waals surface area contributed by atoms with Crippen molar-refractivity contribution in [1.82, 2.24) is 36.2 Å². The summed E-state index contributed by atoms with van der Waals surface area (Å²) in [6.45, 7) is 6.45. The predicted molar refractivity (Wildman–Crippen MR) is 136 cm³/mol. The summed E-state index contributed by atoms with van der Waals surface area (Å²) in [6.07, 6.45) is 0. The molecule has 0 radical (unpaired) electrons. The van der Waals surface area contributed by atoms with Gasteiger partial charge >= 0.3 is 6.03 Å². The number of hydrogen-bond donors (Lipinski definition) is 4. The molecule has 5 N–H and O–H groups in total. The second-order valence-corrected chi connectivity index (χ2v) is 9.07. The van der Waals surface area contributed by atoms with Crippen LogP contribution in [0.1, 0.15) is 36.8 Å². The fourth-order valence-electron chi connectivity index (χ4n) is 3.40. The summed E-state index contributed by atoms with van der Waals surface area (Å²) < 4.78 is 13.7. The number of rotatable bonds is 14. The van der Waals surface area contributed by atoms with E-state index in [1.54, 1.807) is 11.7 Å². The van der Waals surface area contributed by atoms with Gasteiger partial charge in [-0.05, 0) is 35.9 Å². The molecule has 11 heteroatoms. The lowest BCUT2D eigenvalue weighted by Crippen LogP contribution is -2.45. The summed E-state index contributed by atoms with van der Waals surface area (Å²) in [6, 6.07) is 17.1. The van der Waals surface area contributed by atoms with E-state index in [2.05, 4.69) is 31.5 Å². The van der Waals surface area contributed by atoms with Crippen molar-refractivity contribution >= 4 is 6.03 Å². The number of carbonyl (C=O) groups excluding carboxylic acids is 1. The molecule has 0 aliphatic heterocycles. The lowest BCUT2D eigenvalue weighted by molar-refractivity contribution is 0.0932. The number of hydrogen-bond acceptors (Lipinski definition) is 8. The van der Waals surface area contributed by atoms with Crippen LogP contribution in [0, 0.1) is 0 Å². The van der Waals surface area contributed by atoms with Gasteiger partial charge in [-0.2, -0.15) is 0 Å². The molecule has 0 saturated carbocycles. The van der Waals surface area contributed by atoms with Crippen LogP contribution < -0.4 is 26.4 Å². The quantitative estimate of drug-likeness (QED) is 0.265. The van der Waals surface area contributed by atoms with Gasteiger partial charge in [0.05, 0.1) is 25.8 Å². The molecule has 0 fully saturated rings. The summed E-state index contributed by atoms with van der Waals surface area (Å²) in [5, 5.41) is 21.0. The van der Waals surface area contributed by atoms with Gasteiger partial charge in [-0.1, -0.05) is 48.5 Å². The lowest BCUT2D eigenvalue weighted by atomic mass is 10.1. The molecule has 0 aliphatic rings. The molecule has 1 unspecified atom stereocenters. The number of aromatic nitrogens is 4. The smallest absolute Gasteiger partial charge is 0.314 e. The first kappa shape index (κ1) is 27.1. The van der Waals surface area contributed by atoms with Crippen molar-refractivity contribution in [1.29, 1.82) is 0 Å². The van der Waals surface area contributed by atoms with Crippen LogP contribution in [0.5, 0.6) is 5.75 Å². The van der Waals surface area contributed by atoms with Crippen LogP contribution in [0.25, 0.3) is 0 Å². The van der Waals surface area contributed by atoms with Gasteiger partial charge in [-0.15, -0.1) is 5.10 Å². The largest absolute Gasteiger partial charge is 0.491 e. The Balaban J connectivity index is 1.61. The molecule has 0 spiro atoms. The Morgan fingerprint density at radius 2 is 1.89 bits per heavy atom. The van der Waals surface area contributed by atoms with Crippen molar-refractivity contribution in [3.8, 4) is 5.75 Å². The molecule has 0 saturated heterocycles. The van der Waals surface area contributed by atoms with Crippen LogP contribution in [0.2, 0.25) is 0 Å². The number of urea groups is 1. The van der Waals surface area contributed by atoms with Crippen LogP contribution >= 0.6 is 0 Å². The Morgan fingerprint density at radius 1 is 1.14 bits per heavy atom. The predicted octanol–water partition coefficient (Wildman–Crippen LogP) is 1.77. The van der Waals surface area contributed by atoms with Gasteiger partial charge in [0, 0.05) is 31.2 Å². The molecular weight excluding hydrogens is 460 g/mol. The van der Waals surface area contributed by atoms with Crippen LogP contribution in [0.3, 0.4) is 0 Å². The molecule has 1 atom stereocenters. The topological polar surface area (TPSA) is 141 Å². The average molecular weight is 497 g/mol. The average Bonchev–Trinajstić information content (AvgIpc) is 3.33. The summed E-state index contributed by atoms with van der Waals surface area (Å²) in [5.74, 6) is 1.33. The van der Waals surface area contributed by atoms with E-state index in [4.69, 9.17) is 15.2 Å². The molecule has 0 bridgehead atoms. The number of nitrogens with one attached hydrogen (secondary N) is 3. The van der Waals surface area contributed by atoms with E-state index in [0.717, 1.165) is 11.1 Å². The van der Waals surface area contributed by atoms with E-state index >= 15 is 0 Å². The summed E-state index contributed by atoms with van der Waals surface area (Å²) in [5.41, 5.74) is 7.75. The van der Waals surface area contributed by atoms with Crippen molar-refractivity contribution < 1.29 is 14.3 Å². The third-order valence-electron chi connectivity index (χ3n) is 5.27. The number of benzene rings is 2. The zero-order chi connectivity index (χ0) is 25.8. The van der Waals surface area contributed by atoms with Crippen LogP contribution in [0.15, 0.2) is 54.6 Å². The Labute approximate surface area is 211 Å². The minimum Gasteiger partial charge on any atom is -0.491 e. The zero-order valence-electron chi connectivity index (χ0n) is 21.1. The summed E-state index contributed by atoms with van der Waals surface area (Å²) in [7, 11) is 1.57. The first-order chi connectivity index (χ1) is 17.4. The number of carbonyl (C=O) groups is 1. The Hall–Kier alpha value is -3.54.